The van der Waals surface area contributed by atoms with Crippen molar-refractivity contribution in [1.29, 1.82) is 0 Å². The molecule has 0 bridgehead atoms. The quantitative estimate of drug-likeness (QED) is 0.338. The van der Waals surface area contributed by atoms with Crippen LogP contribution in [0.2, 0.25) is 5.02 Å². The average molecular weight is 429 g/mol. The molecule has 0 spiro atoms. The largest absolute Gasteiger partial charge is 0.483 e. The van der Waals surface area contributed by atoms with Crippen LogP contribution in [0.15, 0.2) is 53.6 Å². The van der Waals surface area contributed by atoms with Gasteiger partial charge < -0.3 is 15.4 Å². The number of hydrogen-bond acceptors (Lipinski definition) is 5. The van der Waals surface area contributed by atoms with Crippen molar-refractivity contribution in [2.75, 3.05) is 6.61 Å². The van der Waals surface area contributed by atoms with Crippen molar-refractivity contribution < 1.29 is 19.1 Å². The van der Waals surface area contributed by atoms with E-state index in [9.17, 15) is 14.4 Å². The van der Waals surface area contributed by atoms with Crippen LogP contribution in [0.1, 0.15) is 24.0 Å². The Labute approximate surface area is 178 Å². The molecule has 1 saturated carbocycles. The van der Waals surface area contributed by atoms with Crippen LogP contribution in [0, 0.1) is 0 Å². The van der Waals surface area contributed by atoms with Gasteiger partial charge in [0.05, 0.1) is 6.21 Å². The minimum Gasteiger partial charge on any atom is -0.483 e. The van der Waals surface area contributed by atoms with Crippen LogP contribution in [0.5, 0.6) is 5.75 Å². The molecular formula is C21H21ClN4O4. The normalized spacial score (nSPS) is 13.0. The number of nitrogens with one attached hydrogen (secondary N) is 3. The number of hydrazone groups is 1. The summed E-state index contributed by atoms with van der Waals surface area (Å²) in [6.45, 7) is 0.193. The first-order valence-electron chi connectivity index (χ1n) is 9.38. The van der Waals surface area contributed by atoms with Crippen LogP contribution >= 0.6 is 11.6 Å². The highest BCUT2D eigenvalue weighted by Crippen LogP contribution is 2.21. The molecule has 0 heterocycles. The summed E-state index contributed by atoms with van der Waals surface area (Å²) in [7, 11) is 0. The minimum absolute atomic E-state index is 0.0770. The highest BCUT2D eigenvalue weighted by molar-refractivity contribution is 6.35. The van der Waals surface area contributed by atoms with Gasteiger partial charge in [-0.05, 0) is 36.6 Å². The summed E-state index contributed by atoms with van der Waals surface area (Å²) in [6, 6.07) is 14.4. The van der Waals surface area contributed by atoms with Crippen LogP contribution in [-0.4, -0.2) is 36.6 Å². The second-order valence-corrected chi connectivity index (χ2v) is 7.12. The molecule has 2 aromatic carbocycles. The van der Waals surface area contributed by atoms with E-state index in [-0.39, 0.29) is 18.6 Å². The van der Waals surface area contributed by atoms with E-state index in [2.05, 4.69) is 21.2 Å². The molecule has 0 saturated heterocycles. The maximum atomic E-state index is 12.0. The Kier molecular flexibility index (Phi) is 7.40. The van der Waals surface area contributed by atoms with E-state index in [0.717, 1.165) is 18.4 Å². The smallest absolute Gasteiger partial charge is 0.329 e. The van der Waals surface area contributed by atoms with Crippen molar-refractivity contribution in [3.8, 4) is 5.75 Å². The van der Waals surface area contributed by atoms with Gasteiger partial charge in [0.1, 0.15) is 5.75 Å². The van der Waals surface area contributed by atoms with Gasteiger partial charge in [0.25, 0.3) is 5.91 Å². The fourth-order valence-corrected chi connectivity index (χ4v) is 2.61. The first-order chi connectivity index (χ1) is 14.5. The van der Waals surface area contributed by atoms with E-state index in [1.165, 1.54) is 6.21 Å². The Balaban J connectivity index is 1.51. The first-order valence-corrected chi connectivity index (χ1v) is 9.76. The lowest BCUT2D eigenvalue weighted by molar-refractivity contribution is -0.139. The van der Waals surface area contributed by atoms with E-state index in [0.29, 0.717) is 22.9 Å². The van der Waals surface area contributed by atoms with Gasteiger partial charge in [-0.3, -0.25) is 14.4 Å². The molecule has 2 aromatic rings. The minimum atomic E-state index is -0.858. The molecule has 9 heteroatoms. The molecule has 30 heavy (non-hydrogen) atoms. The van der Waals surface area contributed by atoms with Crippen LogP contribution < -0.4 is 20.8 Å². The Morgan fingerprint density at radius 1 is 1.10 bits per heavy atom. The molecule has 1 aliphatic rings. The maximum Gasteiger partial charge on any atom is 0.329 e. The topological polar surface area (TPSA) is 109 Å². The lowest BCUT2D eigenvalue weighted by Gasteiger charge is -2.10. The van der Waals surface area contributed by atoms with E-state index >= 15 is 0 Å². The predicted molar refractivity (Wildman–Crippen MR) is 112 cm³/mol. The molecule has 0 radical (unpaired) electrons. The summed E-state index contributed by atoms with van der Waals surface area (Å²) in [5, 5.41) is 9.53. The molecule has 3 N–H and O–H groups in total. The van der Waals surface area contributed by atoms with Crippen molar-refractivity contribution in [2.24, 2.45) is 5.10 Å². The fraction of sp³-hybridized carbons (Fsp3) is 0.238. The molecule has 3 rings (SSSR count). The second-order valence-electron chi connectivity index (χ2n) is 6.68. The van der Waals surface area contributed by atoms with E-state index in [1.54, 1.807) is 18.2 Å². The lowest BCUT2D eigenvalue weighted by Crippen LogP contribution is -2.38. The first kappa shape index (κ1) is 21.3. The zero-order valence-corrected chi connectivity index (χ0v) is 16.8. The maximum absolute atomic E-state index is 12.0. The number of ether oxygens (including phenoxy) is 1. The lowest BCUT2D eigenvalue weighted by atomic mass is 10.2. The molecule has 0 aromatic heterocycles. The zero-order valence-electron chi connectivity index (χ0n) is 16.1. The van der Waals surface area contributed by atoms with Crippen LogP contribution in [0.4, 0.5) is 0 Å². The van der Waals surface area contributed by atoms with Crippen molar-refractivity contribution in [1.82, 2.24) is 16.1 Å². The fourth-order valence-electron chi connectivity index (χ4n) is 2.43. The standard InChI is InChI=1S/C21H21ClN4O4/c22-16-6-9-18(30-13-19(27)23-11-14-4-2-1-3-5-14)15(10-16)12-24-26-21(29)20(28)25-17-7-8-17/h1-6,9-10,12,17H,7-8,11,13H2,(H,23,27)(H,25,28)(H,26,29)/b24-12-. The molecule has 156 valence electrons. The number of halogens is 1. The van der Waals surface area contributed by atoms with Gasteiger partial charge in [-0.2, -0.15) is 5.10 Å². The van der Waals surface area contributed by atoms with Crippen molar-refractivity contribution in [2.45, 2.75) is 25.4 Å². The van der Waals surface area contributed by atoms with E-state index in [4.69, 9.17) is 16.3 Å². The predicted octanol–water partition coefficient (Wildman–Crippen LogP) is 1.76. The van der Waals surface area contributed by atoms with Crippen molar-refractivity contribution in [3.05, 3.63) is 64.7 Å². The molecule has 0 unspecified atom stereocenters. The molecule has 1 aliphatic carbocycles. The van der Waals surface area contributed by atoms with Gasteiger partial charge >= 0.3 is 11.8 Å². The molecule has 0 aliphatic heterocycles. The number of hydrogen-bond donors (Lipinski definition) is 3. The van der Waals surface area contributed by atoms with Gasteiger partial charge in [0, 0.05) is 23.2 Å². The summed E-state index contributed by atoms with van der Waals surface area (Å²) >= 11 is 6.01. The molecule has 1 fully saturated rings. The SMILES string of the molecule is O=C(COc1ccc(Cl)cc1/C=N\NC(=O)C(=O)NC1CC1)NCc1ccccc1. The Morgan fingerprint density at radius 3 is 2.60 bits per heavy atom. The summed E-state index contributed by atoms with van der Waals surface area (Å²) in [5.41, 5.74) is 3.58. The summed E-state index contributed by atoms with van der Waals surface area (Å²) in [4.78, 5) is 35.4. The number of carbonyl (C=O) groups is 3. The van der Waals surface area contributed by atoms with Crippen LogP contribution in [-0.2, 0) is 20.9 Å². The molecule has 3 amide bonds. The van der Waals surface area contributed by atoms with Gasteiger partial charge in [0.2, 0.25) is 0 Å². The van der Waals surface area contributed by atoms with E-state index < -0.39 is 11.8 Å². The van der Waals surface area contributed by atoms with Crippen LogP contribution in [0.25, 0.3) is 0 Å². The molecule has 8 nitrogen and oxygen atoms in total. The van der Waals surface area contributed by atoms with Crippen molar-refractivity contribution >= 4 is 35.5 Å². The number of amides is 3. The van der Waals surface area contributed by atoms with Gasteiger partial charge in [-0.1, -0.05) is 41.9 Å². The third-order valence-corrected chi connectivity index (χ3v) is 4.39. The Hall–Kier alpha value is -3.39. The Bertz CT molecular complexity index is 945. The highest BCUT2D eigenvalue weighted by Gasteiger charge is 2.26. The zero-order chi connectivity index (χ0) is 21.3. The summed E-state index contributed by atoms with van der Waals surface area (Å²) in [6.07, 6.45) is 3.06. The number of carbonyl (C=O) groups excluding carboxylic acids is 3. The summed E-state index contributed by atoms with van der Waals surface area (Å²) < 4.78 is 5.55. The molecular weight excluding hydrogens is 408 g/mol. The van der Waals surface area contributed by atoms with Gasteiger partial charge in [0.15, 0.2) is 6.61 Å². The van der Waals surface area contributed by atoms with Gasteiger partial charge in [-0.15, -0.1) is 0 Å². The van der Waals surface area contributed by atoms with Crippen molar-refractivity contribution in [3.63, 3.8) is 0 Å². The van der Waals surface area contributed by atoms with E-state index in [1.807, 2.05) is 30.3 Å². The Morgan fingerprint density at radius 2 is 1.87 bits per heavy atom. The highest BCUT2D eigenvalue weighted by atomic mass is 35.5. The third-order valence-electron chi connectivity index (χ3n) is 4.15. The summed E-state index contributed by atoms with van der Waals surface area (Å²) in [5.74, 6) is -1.52. The third kappa shape index (κ3) is 6.89. The number of benzene rings is 2. The van der Waals surface area contributed by atoms with Gasteiger partial charge in [-0.25, -0.2) is 5.43 Å². The second kappa shape index (κ2) is 10.4. The monoisotopic (exact) mass is 428 g/mol. The number of nitrogens with zero attached hydrogens (tertiary/aromatic N) is 1. The average Bonchev–Trinajstić information content (AvgIpc) is 3.56. The van der Waals surface area contributed by atoms with Crippen LogP contribution in [0.3, 0.4) is 0 Å². The molecule has 0 atom stereocenters. The number of rotatable bonds is 8.